The lowest BCUT2D eigenvalue weighted by Crippen LogP contribution is -2.49. The van der Waals surface area contributed by atoms with Crippen LogP contribution in [0.3, 0.4) is 0 Å². The molecule has 9 heteroatoms. The van der Waals surface area contributed by atoms with Crippen molar-refractivity contribution in [3.8, 4) is 11.8 Å². The van der Waals surface area contributed by atoms with Gasteiger partial charge in [-0.15, -0.1) is 0 Å². The van der Waals surface area contributed by atoms with Crippen LogP contribution >= 0.6 is 0 Å². The van der Waals surface area contributed by atoms with Gasteiger partial charge in [0.15, 0.2) is 11.6 Å². The van der Waals surface area contributed by atoms with Gasteiger partial charge in [0.1, 0.15) is 11.9 Å². The fourth-order valence-corrected chi connectivity index (χ4v) is 5.08. The highest BCUT2D eigenvalue weighted by atomic mass is 19.1. The number of halogens is 2. The third-order valence-electron chi connectivity index (χ3n) is 7.43. The number of nitrogens with zero attached hydrogens (tertiary/aromatic N) is 4. The van der Waals surface area contributed by atoms with Gasteiger partial charge in [0.05, 0.1) is 18.4 Å². The Bertz CT molecular complexity index is 1270. The molecule has 7 nitrogen and oxygen atoms in total. The third-order valence-corrected chi connectivity index (χ3v) is 7.43. The van der Waals surface area contributed by atoms with Gasteiger partial charge in [-0.1, -0.05) is 12.1 Å². The molecule has 0 aliphatic carbocycles. The topological polar surface area (TPSA) is 81.0 Å². The van der Waals surface area contributed by atoms with Crippen molar-refractivity contribution >= 4 is 23.6 Å². The number of rotatable bonds is 5. The van der Waals surface area contributed by atoms with Crippen LogP contribution in [0.5, 0.6) is 5.75 Å². The molecule has 4 rings (SSSR count). The Kier molecular flexibility index (Phi) is 7.89. The second-order valence-electron chi connectivity index (χ2n) is 9.67. The largest absolute Gasteiger partial charge is 0.494 e. The second kappa shape index (κ2) is 11.1. The molecule has 0 bridgehead atoms. The number of carbonyl (C=O) groups is 1. The molecule has 0 atom stereocenters. The number of guanidine groups is 1. The molecule has 2 fully saturated rings. The predicted molar refractivity (Wildman–Crippen MR) is 139 cm³/mol. The van der Waals surface area contributed by atoms with Crippen molar-refractivity contribution in [3.05, 3.63) is 64.7 Å². The monoisotopic (exact) mass is 507 g/mol. The fraction of sp³-hybridized carbons (Fsp3) is 0.393. The highest BCUT2D eigenvalue weighted by molar-refractivity contribution is 5.98. The maximum atomic E-state index is 14.7. The summed E-state index contributed by atoms with van der Waals surface area (Å²) in [6.45, 7) is 5.23. The number of methoxy groups -OCH3 is 1. The molecule has 2 aliphatic heterocycles. The highest BCUT2D eigenvalue weighted by Gasteiger charge is 2.38. The molecule has 0 unspecified atom stereocenters. The van der Waals surface area contributed by atoms with E-state index in [-0.39, 0.29) is 16.7 Å². The Hall–Kier alpha value is -3.77. The van der Waals surface area contributed by atoms with Gasteiger partial charge < -0.3 is 15.0 Å². The van der Waals surface area contributed by atoms with Gasteiger partial charge in [0, 0.05) is 32.2 Å². The summed E-state index contributed by atoms with van der Waals surface area (Å²) in [7, 11) is 3.02. The maximum absolute atomic E-state index is 14.7. The summed E-state index contributed by atoms with van der Waals surface area (Å²) in [6, 6.07) is 10.6. The average Bonchev–Trinajstić information content (AvgIpc) is 3.37. The first-order chi connectivity index (χ1) is 17.8. The standard InChI is InChI=1S/C28H31F2N5O2/c1-19(20-6-7-25(37-3)24(30)14-20)26(21-4-5-22(16-31)23(29)15-21)33-27(34(2)18-36)35-12-9-28(10-13-35)8-11-32-17-28/h4-7,14-15,18,32H,8-13,17H2,1-3H3/b26-19+,33-27+. The lowest BCUT2D eigenvalue weighted by atomic mass is 9.78. The number of nitriles is 1. The Balaban J connectivity index is 1.82. The van der Waals surface area contributed by atoms with E-state index in [1.165, 1.54) is 36.3 Å². The number of nitrogens with one attached hydrogen (secondary N) is 1. The Labute approximate surface area is 216 Å². The number of ether oxygens (including phenoxy) is 1. The molecule has 2 aromatic carbocycles. The summed E-state index contributed by atoms with van der Waals surface area (Å²) in [5.74, 6) is -0.675. The van der Waals surface area contributed by atoms with E-state index in [1.54, 1.807) is 26.1 Å². The average molecular weight is 508 g/mol. The zero-order chi connectivity index (χ0) is 26.6. The number of hydrogen-bond acceptors (Lipinski definition) is 5. The van der Waals surface area contributed by atoms with E-state index in [2.05, 4.69) is 10.2 Å². The summed E-state index contributed by atoms with van der Waals surface area (Å²) in [4.78, 5) is 20.3. The van der Waals surface area contributed by atoms with Crippen molar-refractivity contribution in [1.29, 1.82) is 5.26 Å². The van der Waals surface area contributed by atoms with E-state index >= 15 is 0 Å². The Morgan fingerprint density at radius 2 is 1.86 bits per heavy atom. The third kappa shape index (κ3) is 5.49. The molecule has 194 valence electrons. The smallest absolute Gasteiger partial charge is 0.216 e. The van der Waals surface area contributed by atoms with Crippen LogP contribution in [0.15, 0.2) is 41.4 Å². The molecule has 1 amide bonds. The van der Waals surface area contributed by atoms with Gasteiger partial charge in [-0.05, 0) is 73.5 Å². The Morgan fingerprint density at radius 1 is 1.16 bits per heavy atom. The van der Waals surface area contributed by atoms with Crippen LogP contribution in [0.25, 0.3) is 11.3 Å². The molecular weight excluding hydrogens is 476 g/mol. The van der Waals surface area contributed by atoms with Crippen LogP contribution in [0.4, 0.5) is 8.78 Å². The van der Waals surface area contributed by atoms with Crippen molar-refractivity contribution in [2.45, 2.75) is 26.2 Å². The molecule has 0 radical (unpaired) electrons. The van der Waals surface area contributed by atoms with Crippen LogP contribution in [-0.4, -0.2) is 62.5 Å². The number of hydrogen-bond donors (Lipinski definition) is 1. The summed E-state index contributed by atoms with van der Waals surface area (Å²) < 4.78 is 34.3. The summed E-state index contributed by atoms with van der Waals surface area (Å²) in [6.07, 6.45) is 3.77. The number of carbonyl (C=O) groups excluding carboxylic acids is 1. The Morgan fingerprint density at radius 3 is 2.43 bits per heavy atom. The number of likely N-dealkylation sites (tertiary alicyclic amines) is 1. The zero-order valence-electron chi connectivity index (χ0n) is 21.4. The molecule has 2 saturated heterocycles. The van der Waals surface area contributed by atoms with Crippen LogP contribution in [0, 0.1) is 28.4 Å². The highest BCUT2D eigenvalue weighted by Crippen LogP contribution is 2.38. The minimum Gasteiger partial charge on any atom is -0.494 e. The van der Waals surface area contributed by atoms with Gasteiger partial charge in [0.25, 0.3) is 0 Å². The number of benzene rings is 2. The molecule has 0 aromatic heterocycles. The summed E-state index contributed by atoms with van der Waals surface area (Å²) in [5, 5.41) is 12.6. The fourth-order valence-electron chi connectivity index (χ4n) is 5.08. The molecule has 0 saturated carbocycles. The molecule has 1 spiro atoms. The summed E-state index contributed by atoms with van der Waals surface area (Å²) >= 11 is 0. The van der Waals surface area contributed by atoms with Crippen molar-refractivity contribution in [1.82, 2.24) is 15.1 Å². The molecule has 2 aliphatic rings. The van der Waals surface area contributed by atoms with Crippen LogP contribution in [0.1, 0.15) is 42.9 Å². The summed E-state index contributed by atoms with van der Waals surface area (Å²) in [5.41, 5.74) is 2.08. The molecule has 37 heavy (non-hydrogen) atoms. The van der Waals surface area contributed by atoms with Gasteiger partial charge in [0.2, 0.25) is 12.4 Å². The van der Waals surface area contributed by atoms with Gasteiger partial charge >= 0.3 is 0 Å². The zero-order valence-corrected chi connectivity index (χ0v) is 21.4. The van der Waals surface area contributed by atoms with Crippen molar-refractivity contribution in [3.63, 3.8) is 0 Å². The predicted octanol–water partition coefficient (Wildman–Crippen LogP) is 4.25. The first-order valence-corrected chi connectivity index (χ1v) is 12.3. The van der Waals surface area contributed by atoms with Gasteiger partial charge in [-0.25, -0.2) is 13.8 Å². The van der Waals surface area contributed by atoms with Gasteiger partial charge in [-0.2, -0.15) is 5.26 Å². The van der Waals surface area contributed by atoms with E-state index in [1.807, 2.05) is 6.07 Å². The SMILES string of the molecule is COc1ccc(/C(C)=C(/N=C(\N(C)C=O)N2CCC3(CCNC3)CC2)c2ccc(C#N)c(F)c2)cc1F. The van der Waals surface area contributed by atoms with E-state index in [9.17, 15) is 18.8 Å². The van der Waals surface area contributed by atoms with Crippen molar-refractivity contribution in [2.24, 2.45) is 10.4 Å². The van der Waals surface area contributed by atoms with Gasteiger partial charge in [-0.3, -0.25) is 9.69 Å². The lowest BCUT2D eigenvalue weighted by Gasteiger charge is -2.41. The maximum Gasteiger partial charge on any atom is 0.216 e. The van der Waals surface area contributed by atoms with E-state index < -0.39 is 11.6 Å². The number of aliphatic imine (C=N–C) groups is 1. The van der Waals surface area contributed by atoms with E-state index in [0.717, 1.165) is 45.4 Å². The minimum absolute atomic E-state index is 0.0861. The first kappa shape index (κ1) is 26.3. The number of amides is 1. The molecule has 2 aromatic rings. The first-order valence-electron chi connectivity index (χ1n) is 12.3. The van der Waals surface area contributed by atoms with Crippen LogP contribution < -0.4 is 10.1 Å². The van der Waals surface area contributed by atoms with E-state index in [4.69, 9.17) is 9.73 Å². The number of piperidine rings is 1. The van der Waals surface area contributed by atoms with E-state index in [0.29, 0.717) is 34.8 Å². The van der Waals surface area contributed by atoms with Crippen molar-refractivity contribution in [2.75, 3.05) is 40.3 Å². The molecule has 1 N–H and O–H groups in total. The lowest BCUT2D eigenvalue weighted by molar-refractivity contribution is -0.114. The minimum atomic E-state index is -0.680. The number of allylic oxidation sites excluding steroid dienone is 1. The molecule has 2 heterocycles. The quantitative estimate of drug-likeness (QED) is 0.283. The van der Waals surface area contributed by atoms with Crippen LogP contribution in [0.2, 0.25) is 0 Å². The van der Waals surface area contributed by atoms with Crippen molar-refractivity contribution < 1.29 is 18.3 Å². The normalized spacial score (nSPS) is 17.8. The second-order valence-corrected chi connectivity index (χ2v) is 9.67. The molecular formula is C28H31F2N5O2. The van der Waals surface area contributed by atoms with Crippen LogP contribution in [-0.2, 0) is 4.79 Å².